The standard InChI is InChI=1S/C19H20N2O3/c1-3-7-17-16-11-15(19(22)23)13(10-18(16)21(2)20-17)12-24-14-8-5-4-6-9-14/h4-6,8-11H,3,7,12H2,1-2H3,(H,22,23). The lowest BCUT2D eigenvalue weighted by Gasteiger charge is -2.10. The molecule has 0 atom stereocenters. The van der Waals surface area contributed by atoms with Gasteiger partial charge in [-0.15, -0.1) is 0 Å². The quantitative estimate of drug-likeness (QED) is 0.749. The van der Waals surface area contributed by atoms with Gasteiger partial charge in [0.1, 0.15) is 12.4 Å². The number of aromatic nitrogens is 2. The fraction of sp³-hybridized carbons (Fsp3) is 0.263. The van der Waals surface area contributed by atoms with E-state index in [1.807, 2.05) is 43.4 Å². The zero-order valence-corrected chi connectivity index (χ0v) is 13.8. The van der Waals surface area contributed by atoms with Crippen LogP contribution in [0.15, 0.2) is 42.5 Å². The number of aromatic carboxylic acids is 1. The molecule has 0 radical (unpaired) electrons. The molecule has 5 nitrogen and oxygen atoms in total. The molecule has 0 spiro atoms. The van der Waals surface area contributed by atoms with E-state index in [1.54, 1.807) is 10.7 Å². The second kappa shape index (κ2) is 6.74. The molecule has 0 aliphatic heterocycles. The lowest BCUT2D eigenvalue weighted by molar-refractivity contribution is 0.0694. The van der Waals surface area contributed by atoms with Crippen LogP contribution < -0.4 is 4.74 Å². The molecule has 1 aromatic heterocycles. The summed E-state index contributed by atoms with van der Waals surface area (Å²) in [5, 5.41) is 15.0. The first-order valence-electron chi connectivity index (χ1n) is 7.99. The summed E-state index contributed by atoms with van der Waals surface area (Å²) in [5.74, 6) is -0.236. The van der Waals surface area contributed by atoms with Crippen LogP contribution in [0.3, 0.4) is 0 Å². The van der Waals surface area contributed by atoms with E-state index in [1.165, 1.54) is 0 Å². The first-order valence-corrected chi connectivity index (χ1v) is 7.99. The number of carboxylic acid groups (broad SMARTS) is 1. The van der Waals surface area contributed by atoms with Gasteiger partial charge < -0.3 is 9.84 Å². The summed E-state index contributed by atoms with van der Waals surface area (Å²) >= 11 is 0. The van der Waals surface area contributed by atoms with Crippen LogP contribution in [-0.4, -0.2) is 20.9 Å². The van der Waals surface area contributed by atoms with E-state index in [0.29, 0.717) is 11.3 Å². The Labute approximate surface area is 140 Å². The van der Waals surface area contributed by atoms with Crippen LogP contribution in [0, 0.1) is 0 Å². The van der Waals surface area contributed by atoms with Gasteiger partial charge in [-0.2, -0.15) is 5.10 Å². The first kappa shape index (κ1) is 16.1. The van der Waals surface area contributed by atoms with Crippen molar-refractivity contribution in [2.45, 2.75) is 26.4 Å². The maximum atomic E-state index is 11.7. The van der Waals surface area contributed by atoms with Gasteiger partial charge in [-0.25, -0.2) is 4.79 Å². The number of nitrogens with zero attached hydrogens (tertiary/aromatic N) is 2. The van der Waals surface area contributed by atoms with Crippen molar-refractivity contribution >= 4 is 16.9 Å². The molecule has 0 aliphatic rings. The van der Waals surface area contributed by atoms with Gasteiger partial charge in [-0.05, 0) is 30.7 Å². The van der Waals surface area contributed by atoms with E-state index in [4.69, 9.17) is 4.74 Å². The highest BCUT2D eigenvalue weighted by Crippen LogP contribution is 2.25. The number of aryl methyl sites for hydroxylation is 2. The van der Waals surface area contributed by atoms with Gasteiger partial charge in [0.25, 0.3) is 0 Å². The highest BCUT2D eigenvalue weighted by molar-refractivity contribution is 5.96. The SMILES string of the molecule is CCCc1nn(C)c2cc(COc3ccccc3)c(C(=O)O)cc12. The molecule has 1 heterocycles. The van der Waals surface area contributed by atoms with Crippen molar-refractivity contribution in [3.63, 3.8) is 0 Å². The third-order valence-corrected chi connectivity index (χ3v) is 4.01. The van der Waals surface area contributed by atoms with Gasteiger partial charge in [0.2, 0.25) is 0 Å². The Balaban J connectivity index is 2.01. The molecule has 3 aromatic rings. The number of carbonyl (C=O) groups is 1. The smallest absolute Gasteiger partial charge is 0.336 e. The number of benzene rings is 2. The van der Waals surface area contributed by atoms with Crippen molar-refractivity contribution in [1.82, 2.24) is 9.78 Å². The second-order valence-electron chi connectivity index (χ2n) is 5.75. The summed E-state index contributed by atoms with van der Waals surface area (Å²) in [5.41, 5.74) is 2.77. The fourth-order valence-electron chi connectivity index (χ4n) is 2.84. The summed E-state index contributed by atoms with van der Waals surface area (Å²) < 4.78 is 7.54. The number of para-hydroxylation sites is 1. The summed E-state index contributed by atoms with van der Waals surface area (Å²) in [6.07, 6.45) is 1.80. The van der Waals surface area contributed by atoms with Crippen LogP contribution in [-0.2, 0) is 20.1 Å². The van der Waals surface area contributed by atoms with E-state index in [9.17, 15) is 9.90 Å². The number of rotatable bonds is 6. The van der Waals surface area contributed by atoms with Crippen molar-refractivity contribution in [1.29, 1.82) is 0 Å². The predicted molar refractivity (Wildman–Crippen MR) is 92.4 cm³/mol. The molecule has 0 aliphatic carbocycles. The van der Waals surface area contributed by atoms with E-state index >= 15 is 0 Å². The lowest BCUT2D eigenvalue weighted by Crippen LogP contribution is -2.06. The van der Waals surface area contributed by atoms with Gasteiger partial charge in [0.05, 0.1) is 16.8 Å². The van der Waals surface area contributed by atoms with Crippen LogP contribution >= 0.6 is 0 Å². The zero-order chi connectivity index (χ0) is 17.1. The molecule has 5 heteroatoms. The topological polar surface area (TPSA) is 64.4 Å². The third kappa shape index (κ3) is 3.11. The molecule has 0 amide bonds. The van der Waals surface area contributed by atoms with E-state index in [-0.39, 0.29) is 12.2 Å². The Morgan fingerprint density at radius 2 is 2.00 bits per heavy atom. The Kier molecular flexibility index (Phi) is 4.51. The number of ether oxygens (including phenoxy) is 1. The molecule has 3 rings (SSSR count). The number of hydrogen-bond acceptors (Lipinski definition) is 3. The number of fused-ring (bicyclic) bond motifs is 1. The van der Waals surface area contributed by atoms with Crippen molar-refractivity contribution in [3.8, 4) is 5.75 Å². The maximum Gasteiger partial charge on any atom is 0.336 e. The monoisotopic (exact) mass is 324 g/mol. The highest BCUT2D eigenvalue weighted by Gasteiger charge is 2.17. The molecule has 0 saturated heterocycles. The van der Waals surface area contributed by atoms with Crippen LogP contribution in [0.1, 0.15) is 35.0 Å². The van der Waals surface area contributed by atoms with E-state index < -0.39 is 5.97 Å². The molecule has 0 bridgehead atoms. The molecule has 2 aromatic carbocycles. The highest BCUT2D eigenvalue weighted by atomic mass is 16.5. The third-order valence-electron chi connectivity index (χ3n) is 4.01. The average Bonchev–Trinajstić information content (AvgIpc) is 2.89. The van der Waals surface area contributed by atoms with Crippen molar-refractivity contribution in [3.05, 3.63) is 59.3 Å². The van der Waals surface area contributed by atoms with Crippen molar-refractivity contribution < 1.29 is 14.6 Å². The molecule has 124 valence electrons. The minimum Gasteiger partial charge on any atom is -0.489 e. The summed E-state index contributed by atoms with van der Waals surface area (Å²) in [6, 6.07) is 13.0. The van der Waals surface area contributed by atoms with Crippen molar-refractivity contribution in [2.75, 3.05) is 0 Å². The van der Waals surface area contributed by atoms with Gasteiger partial charge in [-0.3, -0.25) is 4.68 Å². The molecule has 0 saturated carbocycles. The second-order valence-corrected chi connectivity index (χ2v) is 5.75. The molecule has 0 fully saturated rings. The van der Waals surface area contributed by atoms with Crippen LogP contribution in [0.25, 0.3) is 10.9 Å². The van der Waals surface area contributed by atoms with Gasteiger partial charge >= 0.3 is 5.97 Å². The van der Waals surface area contributed by atoms with Gasteiger partial charge in [0.15, 0.2) is 0 Å². The van der Waals surface area contributed by atoms with Crippen LogP contribution in [0.4, 0.5) is 0 Å². The molecule has 1 N–H and O–H groups in total. The first-order chi connectivity index (χ1) is 11.6. The van der Waals surface area contributed by atoms with Gasteiger partial charge in [-0.1, -0.05) is 31.5 Å². The summed E-state index contributed by atoms with van der Waals surface area (Å²) in [4.78, 5) is 11.7. The lowest BCUT2D eigenvalue weighted by atomic mass is 10.0. The minimum atomic E-state index is -0.949. The Bertz CT molecular complexity index is 869. The van der Waals surface area contributed by atoms with Crippen molar-refractivity contribution in [2.24, 2.45) is 7.05 Å². The van der Waals surface area contributed by atoms with E-state index in [0.717, 1.165) is 29.4 Å². The Morgan fingerprint density at radius 1 is 1.25 bits per heavy atom. The predicted octanol–water partition coefficient (Wildman–Crippen LogP) is 3.80. The minimum absolute atomic E-state index is 0.204. The number of carboxylic acids is 1. The Hall–Kier alpha value is -2.82. The normalized spacial score (nSPS) is 10.9. The summed E-state index contributed by atoms with van der Waals surface area (Å²) in [7, 11) is 1.88. The van der Waals surface area contributed by atoms with E-state index in [2.05, 4.69) is 12.0 Å². The van der Waals surface area contributed by atoms with Gasteiger partial charge in [0, 0.05) is 18.0 Å². The molecular formula is C19H20N2O3. The van der Waals surface area contributed by atoms with Crippen LogP contribution in [0.5, 0.6) is 5.75 Å². The molecular weight excluding hydrogens is 304 g/mol. The molecule has 0 unspecified atom stereocenters. The summed E-state index contributed by atoms with van der Waals surface area (Å²) in [6.45, 7) is 2.29. The zero-order valence-electron chi connectivity index (χ0n) is 13.8. The largest absolute Gasteiger partial charge is 0.489 e. The Morgan fingerprint density at radius 3 is 2.67 bits per heavy atom. The maximum absolute atomic E-state index is 11.7. The van der Waals surface area contributed by atoms with Crippen LogP contribution in [0.2, 0.25) is 0 Å². The molecule has 24 heavy (non-hydrogen) atoms. The average molecular weight is 324 g/mol. The number of hydrogen-bond donors (Lipinski definition) is 1. The fourth-order valence-corrected chi connectivity index (χ4v) is 2.84.